The predicted molar refractivity (Wildman–Crippen MR) is 107 cm³/mol. The zero-order chi connectivity index (χ0) is 19.7. The van der Waals surface area contributed by atoms with Gasteiger partial charge in [-0.3, -0.25) is 19.3 Å². The van der Waals surface area contributed by atoms with Crippen LogP contribution < -0.4 is 5.32 Å². The van der Waals surface area contributed by atoms with Gasteiger partial charge in [0.1, 0.15) is 5.82 Å². The molecule has 0 bridgehead atoms. The van der Waals surface area contributed by atoms with Crippen LogP contribution in [0.3, 0.4) is 0 Å². The molecule has 1 fully saturated rings. The van der Waals surface area contributed by atoms with Crippen LogP contribution in [-0.4, -0.2) is 38.0 Å². The molecule has 0 aliphatic carbocycles. The highest BCUT2D eigenvalue weighted by Crippen LogP contribution is 2.37. The van der Waals surface area contributed by atoms with E-state index in [1.54, 1.807) is 36.4 Å². The average Bonchev–Trinajstić information content (AvgIpc) is 3.42. The molecule has 1 aliphatic heterocycles. The van der Waals surface area contributed by atoms with Gasteiger partial charge < -0.3 is 10.2 Å². The van der Waals surface area contributed by atoms with Crippen LogP contribution in [0.4, 0.5) is 5.82 Å². The number of nitrogens with zero attached hydrogens (tertiary/aromatic N) is 4. The number of thiophene rings is 1. The summed E-state index contributed by atoms with van der Waals surface area (Å²) < 4.78 is 1.61. The van der Waals surface area contributed by atoms with Crippen LogP contribution in [-0.2, 0) is 7.05 Å². The van der Waals surface area contributed by atoms with Gasteiger partial charge in [0.15, 0.2) is 0 Å². The molecule has 0 spiro atoms. The van der Waals surface area contributed by atoms with Crippen molar-refractivity contribution in [3.63, 3.8) is 0 Å². The van der Waals surface area contributed by atoms with Gasteiger partial charge in [0.2, 0.25) is 0 Å². The lowest BCUT2D eigenvalue weighted by Gasteiger charge is -2.24. The lowest BCUT2D eigenvalue weighted by Crippen LogP contribution is -2.30. The highest BCUT2D eigenvalue weighted by Gasteiger charge is 2.32. The van der Waals surface area contributed by atoms with E-state index in [4.69, 9.17) is 0 Å². The van der Waals surface area contributed by atoms with Gasteiger partial charge in [-0.25, -0.2) is 0 Å². The van der Waals surface area contributed by atoms with Gasteiger partial charge in [-0.15, -0.1) is 11.3 Å². The number of amides is 2. The minimum absolute atomic E-state index is 0.00221. The summed E-state index contributed by atoms with van der Waals surface area (Å²) in [6, 6.07) is 7.37. The number of rotatable bonds is 4. The van der Waals surface area contributed by atoms with Crippen LogP contribution in [0, 0.1) is 6.92 Å². The van der Waals surface area contributed by atoms with Gasteiger partial charge in [0.05, 0.1) is 22.7 Å². The summed E-state index contributed by atoms with van der Waals surface area (Å²) in [7, 11) is 1.78. The van der Waals surface area contributed by atoms with Crippen molar-refractivity contribution < 1.29 is 9.59 Å². The summed E-state index contributed by atoms with van der Waals surface area (Å²) in [5.74, 6) is 0.478. The van der Waals surface area contributed by atoms with E-state index in [1.165, 1.54) is 11.3 Å². The quantitative estimate of drug-likeness (QED) is 0.734. The first kappa shape index (κ1) is 18.4. The van der Waals surface area contributed by atoms with Gasteiger partial charge in [-0.2, -0.15) is 5.10 Å². The van der Waals surface area contributed by atoms with Gasteiger partial charge in [0, 0.05) is 36.9 Å². The van der Waals surface area contributed by atoms with Crippen molar-refractivity contribution in [2.75, 3.05) is 11.9 Å². The Balaban J connectivity index is 1.52. The molecule has 3 aromatic heterocycles. The molecule has 4 rings (SSSR count). The minimum Gasteiger partial charge on any atom is -0.331 e. The Morgan fingerprint density at radius 2 is 2.07 bits per heavy atom. The summed E-state index contributed by atoms with van der Waals surface area (Å²) in [6.45, 7) is 2.64. The van der Waals surface area contributed by atoms with E-state index in [2.05, 4.69) is 15.4 Å². The first-order valence-corrected chi connectivity index (χ1v) is 9.97. The Hall–Kier alpha value is -3.00. The van der Waals surface area contributed by atoms with E-state index in [0.29, 0.717) is 22.8 Å². The topological polar surface area (TPSA) is 80.1 Å². The summed E-state index contributed by atoms with van der Waals surface area (Å²) in [4.78, 5) is 33.2. The maximum Gasteiger partial charge on any atom is 0.266 e. The number of likely N-dealkylation sites (tertiary alicyclic amines) is 1. The van der Waals surface area contributed by atoms with Gasteiger partial charge >= 0.3 is 0 Å². The predicted octanol–water partition coefficient (Wildman–Crippen LogP) is 3.41. The number of anilines is 1. The number of pyridine rings is 1. The fourth-order valence-electron chi connectivity index (χ4n) is 3.48. The smallest absolute Gasteiger partial charge is 0.266 e. The molecule has 7 nitrogen and oxygen atoms in total. The second-order valence-electron chi connectivity index (χ2n) is 6.84. The molecular formula is C20H21N5O2S. The summed E-state index contributed by atoms with van der Waals surface area (Å²) >= 11 is 1.44. The summed E-state index contributed by atoms with van der Waals surface area (Å²) in [6.07, 6.45) is 6.81. The molecule has 4 heterocycles. The zero-order valence-electron chi connectivity index (χ0n) is 15.8. The van der Waals surface area contributed by atoms with Crippen molar-refractivity contribution in [2.24, 2.45) is 7.05 Å². The fraction of sp³-hybridized carbons (Fsp3) is 0.300. The van der Waals surface area contributed by atoms with E-state index in [9.17, 15) is 9.59 Å². The number of carbonyl (C=O) groups excluding carboxylic acids is 2. The van der Waals surface area contributed by atoms with E-state index in [-0.39, 0.29) is 17.9 Å². The molecule has 2 amide bonds. The SMILES string of the molecule is Cc1ccncc1C(=O)N1CCC[C@@H]1c1ccc(C(=O)Nc2ccnn2C)s1. The van der Waals surface area contributed by atoms with Crippen molar-refractivity contribution >= 4 is 29.0 Å². The highest BCUT2D eigenvalue weighted by atomic mass is 32.1. The first-order chi connectivity index (χ1) is 13.5. The van der Waals surface area contributed by atoms with Crippen molar-refractivity contribution in [1.82, 2.24) is 19.7 Å². The number of hydrogen-bond acceptors (Lipinski definition) is 5. The Labute approximate surface area is 167 Å². The molecule has 144 valence electrons. The number of nitrogens with one attached hydrogen (secondary N) is 1. The molecule has 28 heavy (non-hydrogen) atoms. The lowest BCUT2D eigenvalue weighted by molar-refractivity contribution is 0.0736. The van der Waals surface area contributed by atoms with Crippen LogP contribution >= 0.6 is 11.3 Å². The molecule has 0 unspecified atom stereocenters. The lowest BCUT2D eigenvalue weighted by atomic mass is 10.1. The van der Waals surface area contributed by atoms with E-state index < -0.39 is 0 Å². The standard InChI is InChI=1S/C20H21N5O2S/c1-13-7-9-21-12-14(13)20(27)25-11-3-4-15(25)16-5-6-17(28-16)19(26)23-18-8-10-22-24(18)2/h5-10,12,15H,3-4,11H2,1-2H3,(H,23,26)/t15-/m1/s1. The molecular weight excluding hydrogens is 374 g/mol. The molecule has 8 heteroatoms. The number of carbonyl (C=O) groups is 2. The van der Waals surface area contributed by atoms with Crippen LogP contribution in [0.15, 0.2) is 42.9 Å². The van der Waals surface area contributed by atoms with Crippen LogP contribution in [0.25, 0.3) is 0 Å². The highest BCUT2D eigenvalue weighted by molar-refractivity contribution is 7.14. The zero-order valence-corrected chi connectivity index (χ0v) is 16.6. The average molecular weight is 395 g/mol. The molecule has 1 atom stereocenters. The fourth-order valence-corrected chi connectivity index (χ4v) is 4.53. The Bertz CT molecular complexity index is 1030. The van der Waals surface area contributed by atoms with Gasteiger partial charge in [-0.1, -0.05) is 0 Å². The maximum atomic E-state index is 13.0. The maximum absolute atomic E-state index is 13.0. The van der Waals surface area contributed by atoms with Crippen LogP contribution in [0.1, 0.15) is 49.4 Å². The van der Waals surface area contributed by atoms with E-state index in [0.717, 1.165) is 23.3 Å². The van der Waals surface area contributed by atoms with E-state index >= 15 is 0 Å². The normalized spacial score (nSPS) is 16.4. The summed E-state index contributed by atoms with van der Waals surface area (Å²) in [5, 5.41) is 6.91. The van der Waals surface area contributed by atoms with Crippen LogP contribution in [0.5, 0.6) is 0 Å². The number of hydrogen-bond donors (Lipinski definition) is 1. The second-order valence-corrected chi connectivity index (χ2v) is 7.96. The third kappa shape index (κ3) is 3.43. The van der Waals surface area contributed by atoms with Crippen molar-refractivity contribution in [2.45, 2.75) is 25.8 Å². The van der Waals surface area contributed by atoms with Crippen LogP contribution in [0.2, 0.25) is 0 Å². The van der Waals surface area contributed by atoms with Crippen molar-refractivity contribution in [3.8, 4) is 0 Å². The Morgan fingerprint density at radius 3 is 2.82 bits per heavy atom. The molecule has 1 aliphatic rings. The Kier molecular flexibility index (Phi) is 4.95. The molecule has 1 N–H and O–H groups in total. The van der Waals surface area contributed by atoms with Gasteiger partial charge in [0.25, 0.3) is 11.8 Å². The molecule has 3 aromatic rings. The van der Waals surface area contributed by atoms with Crippen molar-refractivity contribution in [1.29, 1.82) is 0 Å². The molecule has 0 radical (unpaired) electrons. The molecule has 0 saturated carbocycles. The monoisotopic (exact) mass is 395 g/mol. The molecule has 1 saturated heterocycles. The Morgan fingerprint density at radius 1 is 1.21 bits per heavy atom. The minimum atomic E-state index is -0.168. The van der Waals surface area contributed by atoms with Crippen molar-refractivity contribution in [3.05, 3.63) is 63.7 Å². The van der Waals surface area contributed by atoms with E-state index in [1.807, 2.05) is 30.0 Å². The molecule has 0 aromatic carbocycles. The largest absolute Gasteiger partial charge is 0.331 e. The third-order valence-corrected chi connectivity index (χ3v) is 6.21. The van der Waals surface area contributed by atoms with Gasteiger partial charge in [-0.05, 0) is 43.5 Å². The first-order valence-electron chi connectivity index (χ1n) is 9.15. The third-order valence-electron chi connectivity index (χ3n) is 5.02. The summed E-state index contributed by atoms with van der Waals surface area (Å²) in [5.41, 5.74) is 1.56. The number of aryl methyl sites for hydroxylation is 2. The number of aromatic nitrogens is 3. The second kappa shape index (κ2) is 7.55.